The Morgan fingerprint density at radius 2 is 2.38 bits per heavy atom. The monoisotopic (exact) mass is 217 g/mol. The molecule has 0 spiro atoms. The van der Waals surface area contributed by atoms with Crippen molar-refractivity contribution in [3.8, 4) is 0 Å². The minimum atomic E-state index is -0.166. The van der Waals surface area contributed by atoms with Crippen LogP contribution in [0.1, 0.15) is 16.9 Å². The molecule has 1 aliphatic heterocycles. The van der Waals surface area contributed by atoms with Crippen LogP contribution in [0.3, 0.4) is 0 Å². The van der Waals surface area contributed by atoms with E-state index >= 15 is 0 Å². The molecular formula is C11H11N3O2. The molecule has 1 amide bonds. The van der Waals surface area contributed by atoms with Crippen molar-refractivity contribution in [2.45, 2.75) is 6.42 Å². The molecule has 0 atom stereocenters. The molecule has 0 aromatic carbocycles. The number of carbonyl (C=O) groups is 1. The van der Waals surface area contributed by atoms with Crippen molar-refractivity contribution in [3.05, 3.63) is 36.3 Å². The maximum Gasteiger partial charge on any atom is 0.297 e. The molecule has 1 aliphatic rings. The van der Waals surface area contributed by atoms with E-state index in [0.717, 1.165) is 12.1 Å². The lowest BCUT2D eigenvalue weighted by Gasteiger charge is -2.11. The largest absolute Gasteiger partial charge is 0.306 e. The van der Waals surface area contributed by atoms with Crippen molar-refractivity contribution < 1.29 is 9.63 Å². The van der Waals surface area contributed by atoms with E-state index in [1.807, 2.05) is 28.8 Å². The van der Waals surface area contributed by atoms with E-state index in [-0.39, 0.29) is 5.91 Å². The molecule has 0 N–H and O–H groups in total. The first kappa shape index (κ1) is 9.35. The third-order valence-electron chi connectivity index (χ3n) is 2.56. The Morgan fingerprint density at radius 1 is 1.44 bits per heavy atom. The normalized spacial score (nSPS) is 15.9. The summed E-state index contributed by atoms with van der Waals surface area (Å²) in [6.45, 7) is 1.26. The number of hydrogen-bond donors (Lipinski definition) is 0. The average molecular weight is 217 g/mol. The Hall–Kier alpha value is -1.88. The summed E-state index contributed by atoms with van der Waals surface area (Å²) in [4.78, 5) is 21.4. The van der Waals surface area contributed by atoms with Crippen LogP contribution in [0, 0.1) is 0 Å². The number of nitrogens with zero attached hydrogens (tertiary/aromatic N) is 3. The summed E-state index contributed by atoms with van der Waals surface area (Å²) in [5, 5.41) is 1.38. The average Bonchev–Trinajstić information content (AvgIpc) is 2.97. The first-order chi connectivity index (χ1) is 7.84. The van der Waals surface area contributed by atoms with Crippen LogP contribution < -0.4 is 0 Å². The van der Waals surface area contributed by atoms with Gasteiger partial charge in [-0.3, -0.25) is 9.63 Å². The van der Waals surface area contributed by atoms with Gasteiger partial charge in [0.05, 0.1) is 13.2 Å². The second-order valence-electron chi connectivity index (χ2n) is 3.69. The van der Waals surface area contributed by atoms with Gasteiger partial charge in [0.1, 0.15) is 11.3 Å². The maximum atomic E-state index is 11.9. The van der Waals surface area contributed by atoms with E-state index in [1.165, 1.54) is 5.06 Å². The molecule has 1 saturated heterocycles. The molecule has 1 fully saturated rings. The highest BCUT2D eigenvalue weighted by atomic mass is 16.7. The zero-order chi connectivity index (χ0) is 11.0. The van der Waals surface area contributed by atoms with Crippen molar-refractivity contribution in [2.75, 3.05) is 13.2 Å². The van der Waals surface area contributed by atoms with E-state index in [0.29, 0.717) is 18.8 Å². The lowest BCUT2D eigenvalue weighted by atomic mass is 10.4. The van der Waals surface area contributed by atoms with Crippen LogP contribution in [0.4, 0.5) is 0 Å². The molecule has 0 saturated carbocycles. The molecule has 3 heterocycles. The summed E-state index contributed by atoms with van der Waals surface area (Å²) in [6.07, 6.45) is 4.47. The van der Waals surface area contributed by atoms with Crippen LogP contribution in [0.2, 0.25) is 0 Å². The quantitative estimate of drug-likeness (QED) is 0.719. The number of pyridine rings is 1. The fourth-order valence-corrected chi connectivity index (χ4v) is 1.77. The summed E-state index contributed by atoms with van der Waals surface area (Å²) < 4.78 is 1.82. The second-order valence-corrected chi connectivity index (χ2v) is 3.69. The van der Waals surface area contributed by atoms with Crippen LogP contribution in [-0.2, 0) is 4.84 Å². The Labute approximate surface area is 92.2 Å². The van der Waals surface area contributed by atoms with Crippen molar-refractivity contribution >= 4 is 11.6 Å². The molecule has 5 nitrogen and oxygen atoms in total. The summed E-state index contributed by atoms with van der Waals surface area (Å²) in [5.74, 6) is -0.166. The highest BCUT2D eigenvalue weighted by Crippen LogP contribution is 2.11. The molecular weight excluding hydrogens is 206 g/mol. The Bertz CT molecular complexity index is 496. The van der Waals surface area contributed by atoms with Gasteiger partial charge >= 0.3 is 0 Å². The first-order valence-electron chi connectivity index (χ1n) is 5.23. The Balaban J connectivity index is 1.96. The van der Waals surface area contributed by atoms with E-state index < -0.39 is 0 Å². The summed E-state index contributed by atoms with van der Waals surface area (Å²) in [6, 6.07) is 5.65. The lowest BCUT2D eigenvalue weighted by molar-refractivity contribution is -0.0771. The van der Waals surface area contributed by atoms with Crippen LogP contribution in [0.15, 0.2) is 30.6 Å². The standard InChI is InChI=1S/C11H11N3O2/c15-11(14-6-3-7-16-14)9-8-13-5-2-1-4-10(13)12-9/h1-2,4-5,8H,3,6-7H2. The second kappa shape index (κ2) is 3.61. The van der Waals surface area contributed by atoms with Crippen LogP contribution >= 0.6 is 0 Å². The summed E-state index contributed by atoms with van der Waals surface area (Å²) in [5.41, 5.74) is 1.19. The minimum absolute atomic E-state index is 0.166. The molecule has 0 bridgehead atoms. The van der Waals surface area contributed by atoms with Crippen LogP contribution in [-0.4, -0.2) is 33.5 Å². The molecule has 3 rings (SSSR count). The SMILES string of the molecule is O=C(c1cn2ccccc2n1)N1CCCO1. The van der Waals surface area contributed by atoms with Crippen molar-refractivity contribution in [1.82, 2.24) is 14.4 Å². The maximum absolute atomic E-state index is 11.9. The first-order valence-corrected chi connectivity index (χ1v) is 5.23. The van der Waals surface area contributed by atoms with Gasteiger partial charge in [-0.25, -0.2) is 10.0 Å². The predicted octanol–water partition coefficient (Wildman–Crippen LogP) is 1.11. The van der Waals surface area contributed by atoms with E-state index in [1.54, 1.807) is 6.20 Å². The number of carbonyl (C=O) groups excluding carboxylic acids is 1. The van der Waals surface area contributed by atoms with Gasteiger partial charge in [-0.1, -0.05) is 6.07 Å². The fourth-order valence-electron chi connectivity index (χ4n) is 1.77. The Kier molecular flexibility index (Phi) is 2.11. The molecule has 2 aromatic rings. The third kappa shape index (κ3) is 1.45. The van der Waals surface area contributed by atoms with Gasteiger partial charge in [-0.15, -0.1) is 0 Å². The molecule has 16 heavy (non-hydrogen) atoms. The number of hydroxylamine groups is 2. The molecule has 82 valence electrons. The smallest absolute Gasteiger partial charge is 0.297 e. The number of aromatic nitrogens is 2. The predicted molar refractivity (Wildman–Crippen MR) is 56.8 cm³/mol. The van der Waals surface area contributed by atoms with Crippen molar-refractivity contribution in [1.29, 1.82) is 0 Å². The Morgan fingerprint density at radius 3 is 3.12 bits per heavy atom. The molecule has 2 aromatic heterocycles. The van der Waals surface area contributed by atoms with Gasteiger partial charge in [0.2, 0.25) is 0 Å². The van der Waals surface area contributed by atoms with Crippen LogP contribution in [0.25, 0.3) is 5.65 Å². The van der Waals surface area contributed by atoms with E-state index in [9.17, 15) is 4.79 Å². The minimum Gasteiger partial charge on any atom is -0.306 e. The number of fused-ring (bicyclic) bond motifs is 1. The third-order valence-corrected chi connectivity index (χ3v) is 2.56. The zero-order valence-corrected chi connectivity index (χ0v) is 8.67. The lowest BCUT2D eigenvalue weighted by Crippen LogP contribution is -2.26. The number of hydrogen-bond acceptors (Lipinski definition) is 3. The number of rotatable bonds is 1. The summed E-state index contributed by atoms with van der Waals surface area (Å²) in [7, 11) is 0. The van der Waals surface area contributed by atoms with Crippen LogP contribution in [0.5, 0.6) is 0 Å². The topological polar surface area (TPSA) is 46.8 Å². The number of imidazole rings is 1. The molecule has 0 aliphatic carbocycles. The van der Waals surface area contributed by atoms with Gasteiger partial charge in [-0.05, 0) is 18.6 Å². The fraction of sp³-hybridized carbons (Fsp3) is 0.273. The van der Waals surface area contributed by atoms with E-state index in [4.69, 9.17) is 4.84 Å². The zero-order valence-electron chi connectivity index (χ0n) is 8.67. The van der Waals surface area contributed by atoms with Gasteiger partial charge in [-0.2, -0.15) is 0 Å². The van der Waals surface area contributed by atoms with Gasteiger partial charge in [0.25, 0.3) is 5.91 Å². The highest BCUT2D eigenvalue weighted by molar-refractivity contribution is 5.92. The van der Waals surface area contributed by atoms with E-state index in [2.05, 4.69) is 4.98 Å². The molecule has 0 unspecified atom stereocenters. The number of amides is 1. The molecule has 0 radical (unpaired) electrons. The van der Waals surface area contributed by atoms with Gasteiger partial charge in [0, 0.05) is 12.4 Å². The van der Waals surface area contributed by atoms with Gasteiger partial charge in [0.15, 0.2) is 0 Å². The van der Waals surface area contributed by atoms with Crippen molar-refractivity contribution in [2.24, 2.45) is 0 Å². The van der Waals surface area contributed by atoms with Crippen molar-refractivity contribution in [3.63, 3.8) is 0 Å². The summed E-state index contributed by atoms with van der Waals surface area (Å²) >= 11 is 0. The molecule has 5 heteroatoms. The highest BCUT2D eigenvalue weighted by Gasteiger charge is 2.22. The van der Waals surface area contributed by atoms with Gasteiger partial charge < -0.3 is 4.40 Å².